The molecular formula is C10H14BrClN2O. The van der Waals surface area contributed by atoms with Crippen LogP contribution in [-0.4, -0.2) is 24.7 Å². The van der Waals surface area contributed by atoms with E-state index in [1.54, 1.807) is 6.07 Å². The first-order valence-corrected chi connectivity index (χ1v) is 5.49. The fourth-order valence-corrected chi connectivity index (χ4v) is 2.06. The van der Waals surface area contributed by atoms with Gasteiger partial charge in [-0.05, 0) is 18.2 Å². The van der Waals surface area contributed by atoms with Crippen LogP contribution in [0.15, 0.2) is 22.7 Å². The number of hydrogen-bond donors (Lipinski definition) is 3. The molecule has 0 aliphatic carbocycles. The Kier molecular flexibility index (Phi) is 4.86. The zero-order chi connectivity index (χ0) is 9.97. The Morgan fingerprint density at radius 2 is 2.13 bits per heavy atom. The van der Waals surface area contributed by atoms with Gasteiger partial charge >= 0.3 is 0 Å². The standard InChI is InChI=1S/C10H13BrN2O.ClH/c11-7-1-2-10(14)8(5-7)9-6-12-3-4-13-9;/h1-2,5,9,12-14H,3-4,6H2;1H/t9-;/m0./s1. The molecular weight excluding hydrogens is 279 g/mol. The summed E-state index contributed by atoms with van der Waals surface area (Å²) in [5.74, 6) is 0.356. The highest BCUT2D eigenvalue weighted by molar-refractivity contribution is 9.10. The van der Waals surface area contributed by atoms with Crippen molar-refractivity contribution >= 4 is 28.3 Å². The quantitative estimate of drug-likeness (QED) is 0.740. The Morgan fingerprint density at radius 1 is 1.33 bits per heavy atom. The smallest absolute Gasteiger partial charge is 0.120 e. The van der Waals surface area contributed by atoms with Crippen LogP contribution in [-0.2, 0) is 0 Å². The third-order valence-corrected chi connectivity index (χ3v) is 2.90. The molecule has 1 atom stereocenters. The predicted octanol–water partition coefficient (Wildman–Crippen LogP) is 1.81. The number of hydrogen-bond acceptors (Lipinski definition) is 3. The van der Waals surface area contributed by atoms with Crippen LogP contribution in [0.5, 0.6) is 5.75 Å². The molecule has 1 fully saturated rings. The molecule has 1 aliphatic heterocycles. The van der Waals surface area contributed by atoms with Gasteiger partial charge in [-0.2, -0.15) is 0 Å². The molecule has 1 aromatic rings. The summed E-state index contributed by atoms with van der Waals surface area (Å²) >= 11 is 3.40. The van der Waals surface area contributed by atoms with Crippen LogP contribution in [0.1, 0.15) is 11.6 Å². The van der Waals surface area contributed by atoms with E-state index in [9.17, 15) is 5.11 Å². The average molecular weight is 294 g/mol. The summed E-state index contributed by atoms with van der Waals surface area (Å²) in [5, 5.41) is 16.3. The zero-order valence-corrected chi connectivity index (χ0v) is 10.6. The van der Waals surface area contributed by atoms with Gasteiger partial charge in [-0.1, -0.05) is 15.9 Å². The van der Waals surface area contributed by atoms with Crippen molar-refractivity contribution in [1.29, 1.82) is 0 Å². The molecule has 0 amide bonds. The van der Waals surface area contributed by atoms with Crippen molar-refractivity contribution in [2.24, 2.45) is 0 Å². The molecule has 0 aromatic heterocycles. The van der Waals surface area contributed by atoms with Gasteiger partial charge in [-0.15, -0.1) is 12.4 Å². The van der Waals surface area contributed by atoms with Crippen molar-refractivity contribution < 1.29 is 5.11 Å². The number of rotatable bonds is 1. The van der Waals surface area contributed by atoms with E-state index in [-0.39, 0.29) is 18.4 Å². The van der Waals surface area contributed by atoms with E-state index < -0.39 is 0 Å². The number of halogens is 2. The van der Waals surface area contributed by atoms with E-state index in [2.05, 4.69) is 26.6 Å². The lowest BCUT2D eigenvalue weighted by Crippen LogP contribution is -2.42. The van der Waals surface area contributed by atoms with Gasteiger partial charge in [0.2, 0.25) is 0 Å². The minimum Gasteiger partial charge on any atom is -0.508 e. The van der Waals surface area contributed by atoms with Gasteiger partial charge in [-0.25, -0.2) is 0 Å². The normalized spacial score (nSPS) is 20.7. The van der Waals surface area contributed by atoms with Gasteiger partial charge in [0.15, 0.2) is 0 Å². The molecule has 2 rings (SSSR count). The van der Waals surface area contributed by atoms with Crippen LogP contribution in [0.3, 0.4) is 0 Å². The van der Waals surface area contributed by atoms with Crippen molar-refractivity contribution in [2.75, 3.05) is 19.6 Å². The molecule has 0 bridgehead atoms. The fourth-order valence-electron chi connectivity index (χ4n) is 1.68. The maximum Gasteiger partial charge on any atom is 0.120 e. The summed E-state index contributed by atoms with van der Waals surface area (Å²) in [6, 6.07) is 5.73. The van der Waals surface area contributed by atoms with Crippen molar-refractivity contribution in [3.63, 3.8) is 0 Å². The molecule has 0 radical (unpaired) electrons. The Hall–Kier alpha value is -0.290. The van der Waals surface area contributed by atoms with Gasteiger partial charge in [0.1, 0.15) is 5.75 Å². The molecule has 0 saturated carbocycles. The summed E-state index contributed by atoms with van der Waals surface area (Å²) in [5.41, 5.74) is 0.951. The fraction of sp³-hybridized carbons (Fsp3) is 0.400. The maximum atomic E-state index is 9.70. The highest BCUT2D eigenvalue weighted by atomic mass is 79.9. The van der Waals surface area contributed by atoms with Crippen LogP contribution in [0, 0.1) is 0 Å². The highest BCUT2D eigenvalue weighted by Crippen LogP contribution is 2.27. The van der Waals surface area contributed by atoms with Gasteiger partial charge in [-0.3, -0.25) is 0 Å². The highest BCUT2D eigenvalue weighted by Gasteiger charge is 2.17. The molecule has 5 heteroatoms. The largest absolute Gasteiger partial charge is 0.508 e. The lowest BCUT2D eigenvalue weighted by molar-refractivity contribution is 0.404. The van der Waals surface area contributed by atoms with E-state index in [4.69, 9.17) is 0 Å². The predicted molar refractivity (Wildman–Crippen MR) is 66.7 cm³/mol. The number of aromatic hydroxyl groups is 1. The first-order chi connectivity index (χ1) is 6.77. The van der Waals surface area contributed by atoms with Crippen LogP contribution < -0.4 is 10.6 Å². The number of piperazine rings is 1. The second-order valence-corrected chi connectivity index (χ2v) is 4.33. The van der Waals surface area contributed by atoms with E-state index in [0.29, 0.717) is 5.75 Å². The number of nitrogens with one attached hydrogen (secondary N) is 2. The molecule has 1 aromatic carbocycles. The molecule has 1 heterocycles. The second kappa shape index (κ2) is 5.70. The lowest BCUT2D eigenvalue weighted by Gasteiger charge is -2.25. The van der Waals surface area contributed by atoms with E-state index in [0.717, 1.165) is 29.7 Å². The minimum atomic E-state index is 0. The lowest BCUT2D eigenvalue weighted by atomic mass is 10.0. The molecule has 1 saturated heterocycles. The third-order valence-electron chi connectivity index (χ3n) is 2.41. The first-order valence-electron chi connectivity index (χ1n) is 4.70. The van der Waals surface area contributed by atoms with Gasteiger partial charge < -0.3 is 15.7 Å². The van der Waals surface area contributed by atoms with Crippen LogP contribution in [0.2, 0.25) is 0 Å². The van der Waals surface area contributed by atoms with Crippen molar-refractivity contribution in [3.05, 3.63) is 28.2 Å². The van der Waals surface area contributed by atoms with Gasteiger partial charge in [0.05, 0.1) is 0 Å². The van der Waals surface area contributed by atoms with Gasteiger partial charge in [0.25, 0.3) is 0 Å². The van der Waals surface area contributed by atoms with Crippen molar-refractivity contribution in [2.45, 2.75) is 6.04 Å². The topological polar surface area (TPSA) is 44.3 Å². The van der Waals surface area contributed by atoms with Crippen LogP contribution >= 0.6 is 28.3 Å². The Bertz CT molecular complexity index is 329. The summed E-state index contributed by atoms with van der Waals surface area (Å²) in [7, 11) is 0. The van der Waals surface area contributed by atoms with Crippen LogP contribution in [0.4, 0.5) is 0 Å². The van der Waals surface area contributed by atoms with Crippen molar-refractivity contribution in [1.82, 2.24) is 10.6 Å². The Labute approximate surface area is 104 Å². The van der Waals surface area contributed by atoms with E-state index >= 15 is 0 Å². The number of phenols is 1. The minimum absolute atomic E-state index is 0. The SMILES string of the molecule is Cl.Oc1ccc(Br)cc1[C@@H]1CNCCN1. The van der Waals surface area contributed by atoms with E-state index in [1.165, 1.54) is 0 Å². The molecule has 0 unspecified atom stereocenters. The van der Waals surface area contributed by atoms with Gasteiger partial charge in [0, 0.05) is 35.7 Å². The Morgan fingerprint density at radius 3 is 2.80 bits per heavy atom. The molecule has 3 N–H and O–H groups in total. The number of benzene rings is 1. The molecule has 0 spiro atoms. The Balaban J connectivity index is 0.00000112. The summed E-state index contributed by atoms with van der Waals surface area (Å²) < 4.78 is 0.998. The number of phenolic OH excluding ortho intramolecular Hbond substituents is 1. The summed E-state index contributed by atoms with van der Waals surface area (Å²) in [4.78, 5) is 0. The molecule has 15 heavy (non-hydrogen) atoms. The van der Waals surface area contributed by atoms with E-state index in [1.807, 2.05) is 12.1 Å². The third kappa shape index (κ3) is 3.08. The molecule has 1 aliphatic rings. The van der Waals surface area contributed by atoms with Crippen LogP contribution in [0.25, 0.3) is 0 Å². The molecule has 84 valence electrons. The maximum absolute atomic E-state index is 9.70. The summed E-state index contributed by atoms with van der Waals surface area (Å²) in [6.07, 6.45) is 0. The van der Waals surface area contributed by atoms with Crippen molar-refractivity contribution in [3.8, 4) is 5.75 Å². The second-order valence-electron chi connectivity index (χ2n) is 3.41. The summed E-state index contributed by atoms with van der Waals surface area (Å²) in [6.45, 7) is 2.80. The first kappa shape index (κ1) is 12.8. The monoisotopic (exact) mass is 292 g/mol. The zero-order valence-electron chi connectivity index (χ0n) is 8.16. The average Bonchev–Trinajstić information content (AvgIpc) is 2.23. The molecule has 3 nitrogen and oxygen atoms in total.